The van der Waals surface area contributed by atoms with Crippen molar-refractivity contribution in [3.8, 4) is 6.07 Å². The van der Waals surface area contributed by atoms with E-state index in [2.05, 4.69) is 10.6 Å². The number of carbonyl (C=O) groups excluding carboxylic acids is 3. The van der Waals surface area contributed by atoms with Crippen molar-refractivity contribution in [3.05, 3.63) is 64.7 Å². The minimum absolute atomic E-state index is 0.230. The zero-order valence-corrected chi connectivity index (χ0v) is 15.4. The molecule has 4 N–H and O–H groups in total. The molecule has 8 nitrogen and oxygen atoms in total. The average molecular weight is 401 g/mol. The fraction of sp³-hybridized carbons (Fsp3) is 0.158. The molecule has 2 aromatic rings. The first-order chi connectivity index (χ1) is 13.4. The van der Waals surface area contributed by atoms with Crippen LogP contribution in [-0.2, 0) is 14.3 Å². The van der Waals surface area contributed by atoms with E-state index in [1.165, 1.54) is 0 Å². The topological polar surface area (TPSA) is 134 Å². The molecule has 0 aliphatic heterocycles. The number of benzene rings is 2. The largest absolute Gasteiger partial charge is 0.455 e. The van der Waals surface area contributed by atoms with Crippen LogP contribution in [0.5, 0.6) is 0 Å². The Hall–Kier alpha value is -3.57. The minimum atomic E-state index is -0.807. The number of esters is 1. The first-order valence-corrected chi connectivity index (χ1v) is 8.53. The van der Waals surface area contributed by atoms with E-state index in [0.717, 1.165) is 0 Å². The van der Waals surface area contributed by atoms with E-state index < -0.39 is 30.6 Å². The summed E-state index contributed by atoms with van der Waals surface area (Å²) in [5.74, 6) is -1.31. The van der Waals surface area contributed by atoms with E-state index in [1.54, 1.807) is 48.5 Å². The number of carbonyl (C=O) groups is 3. The van der Waals surface area contributed by atoms with E-state index in [9.17, 15) is 14.4 Å². The highest BCUT2D eigenvalue weighted by atomic mass is 35.5. The van der Waals surface area contributed by atoms with E-state index in [0.29, 0.717) is 16.3 Å². The summed E-state index contributed by atoms with van der Waals surface area (Å²) < 4.78 is 4.95. The van der Waals surface area contributed by atoms with Crippen LogP contribution in [0, 0.1) is 11.3 Å². The van der Waals surface area contributed by atoms with Gasteiger partial charge in [0.05, 0.1) is 23.7 Å². The van der Waals surface area contributed by atoms with Gasteiger partial charge in [-0.05, 0) is 29.8 Å². The molecule has 0 heterocycles. The van der Waals surface area contributed by atoms with E-state index in [-0.39, 0.29) is 12.0 Å². The third kappa shape index (κ3) is 6.30. The van der Waals surface area contributed by atoms with Crippen molar-refractivity contribution in [3.63, 3.8) is 0 Å². The van der Waals surface area contributed by atoms with Gasteiger partial charge in [0.15, 0.2) is 6.61 Å². The first-order valence-electron chi connectivity index (χ1n) is 8.15. The third-order valence-electron chi connectivity index (χ3n) is 3.65. The molecule has 0 aromatic heterocycles. The summed E-state index contributed by atoms with van der Waals surface area (Å²) in [5.41, 5.74) is 6.36. The number of nitrogens with zero attached hydrogens (tertiary/aromatic N) is 1. The van der Waals surface area contributed by atoms with Crippen molar-refractivity contribution < 1.29 is 19.1 Å². The van der Waals surface area contributed by atoms with Crippen LogP contribution in [0.4, 0.5) is 10.5 Å². The predicted molar refractivity (Wildman–Crippen MR) is 102 cm³/mol. The van der Waals surface area contributed by atoms with Gasteiger partial charge in [0.25, 0.3) is 5.91 Å². The van der Waals surface area contributed by atoms with Gasteiger partial charge < -0.3 is 21.1 Å². The standard InChI is InChI=1S/C19H17ClN4O4/c20-14-7-5-12(6-8-14)16(24-19(22)27)9-18(26)28-11-17(25)23-15-4-2-1-3-13(15)10-21/h1-8,16H,9,11H2,(H,23,25)(H3,22,24,27)/t16-/m0/s1. The molecule has 144 valence electrons. The second-order valence-electron chi connectivity index (χ2n) is 5.68. The van der Waals surface area contributed by atoms with Gasteiger partial charge in [0.1, 0.15) is 6.07 Å². The smallest absolute Gasteiger partial charge is 0.312 e. The Morgan fingerprint density at radius 1 is 1.14 bits per heavy atom. The summed E-state index contributed by atoms with van der Waals surface area (Å²) in [6, 6.07) is 13.3. The van der Waals surface area contributed by atoms with Gasteiger partial charge in [-0.3, -0.25) is 9.59 Å². The second kappa shape index (κ2) is 9.94. The highest BCUT2D eigenvalue weighted by Crippen LogP contribution is 2.20. The zero-order valence-electron chi connectivity index (χ0n) is 14.6. The van der Waals surface area contributed by atoms with Gasteiger partial charge >= 0.3 is 12.0 Å². The maximum Gasteiger partial charge on any atom is 0.312 e. The number of nitriles is 1. The van der Waals surface area contributed by atoms with Crippen molar-refractivity contribution in [1.29, 1.82) is 5.26 Å². The fourth-order valence-corrected chi connectivity index (χ4v) is 2.49. The zero-order chi connectivity index (χ0) is 20.5. The molecule has 0 saturated heterocycles. The Morgan fingerprint density at radius 3 is 2.46 bits per heavy atom. The van der Waals surface area contributed by atoms with Crippen LogP contribution >= 0.6 is 11.6 Å². The van der Waals surface area contributed by atoms with Crippen molar-refractivity contribution in [2.75, 3.05) is 11.9 Å². The molecule has 2 aromatic carbocycles. The number of amides is 3. The number of urea groups is 1. The minimum Gasteiger partial charge on any atom is -0.455 e. The SMILES string of the molecule is N#Cc1ccccc1NC(=O)COC(=O)C[C@H](NC(N)=O)c1ccc(Cl)cc1. The molecule has 1 atom stereocenters. The van der Waals surface area contributed by atoms with E-state index >= 15 is 0 Å². The number of rotatable bonds is 7. The lowest BCUT2D eigenvalue weighted by atomic mass is 10.0. The van der Waals surface area contributed by atoms with Crippen molar-refractivity contribution in [1.82, 2.24) is 5.32 Å². The number of nitrogens with two attached hydrogens (primary N) is 1. The predicted octanol–water partition coefficient (Wildman–Crippen LogP) is 2.49. The number of primary amides is 1. The summed E-state index contributed by atoms with van der Waals surface area (Å²) in [6.45, 7) is -0.539. The Kier molecular flexibility index (Phi) is 7.37. The van der Waals surface area contributed by atoms with Gasteiger partial charge in [-0.1, -0.05) is 35.9 Å². The van der Waals surface area contributed by atoms with Crippen LogP contribution < -0.4 is 16.4 Å². The van der Waals surface area contributed by atoms with Gasteiger partial charge in [0, 0.05) is 5.02 Å². The molecule has 0 aliphatic rings. The number of para-hydroxylation sites is 1. The lowest BCUT2D eigenvalue weighted by Gasteiger charge is -2.17. The van der Waals surface area contributed by atoms with Crippen molar-refractivity contribution in [2.45, 2.75) is 12.5 Å². The Labute approximate surface area is 166 Å². The van der Waals surface area contributed by atoms with Crippen LogP contribution in [0.15, 0.2) is 48.5 Å². The molecule has 0 radical (unpaired) electrons. The normalized spacial score (nSPS) is 11.0. The number of halogens is 1. The molecule has 0 unspecified atom stereocenters. The highest BCUT2D eigenvalue weighted by molar-refractivity contribution is 6.30. The Balaban J connectivity index is 1.93. The maximum absolute atomic E-state index is 12.1. The van der Waals surface area contributed by atoms with Crippen molar-refractivity contribution >= 4 is 35.2 Å². The average Bonchev–Trinajstić information content (AvgIpc) is 2.66. The van der Waals surface area contributed by atoms with Gasteiger partial charge in [-0.2, -0.15) is 5.26 Å². The highest BCUT2D eigenvalue weighted by Gasteiger charge is 2.19. The number of nitrogens with one attached hydrogen (secondary N) is 2. The molecule has 0 fully saturated rings. The van der Waals surface area contributed by atoms with Crippen LogP contribution in [0.25, 0.3) is 0 Å². The summed E-state index contributed by atoms with van der Waals surface area (Å²) in [7, 11) is 0. The van der Waals surface area contributed by atoms with E-state index in [4.69, 9.17) is 27.3 Å². The number of hydrogen-bond donors (Lipinski definition) is 3. The van der Waals surface area contributed by atoms with Gasteiger partial charge in [-0.25, -0.2) is 4.79 Å². The number of ether oxygens (including phenoxy) is 1. The Bertz CT molecular complexity index is 909. The molecule has 0 saturated carbocycles. The summed E-state index contributed by atoms with van der Waals surface area (Å²) in [4.78, 5) is 35.2. The monoisotopic (exact) mass is 400 g/mol. The van der Waals surface area contributed by atoms with Crippen LogP contribution in [0.3, 0.4) is 0 Å². The lowest BCUT2D eigenvalue weighted by molar-refractivity contribution is -0.147. The fourth-order valence-electron chi connectivity index (χ4n) is 2.37. The molecular formula is C19H17ClN4O4. The number of anilines is 1. The maximum atomic E-state index is 12.1. The first kappa shape index (κ1) is 20.7. The lowest BCUT2D eigenvalue weighted by Crippen LogP contribution is -2.35. The molecule has 28 heavy (non-hydrogen) atoms. The van der Waals surface area contributed by atoms with Gasteiger partial charge in [-0.15, -0.1) is 0 Å². The molecule has 9 heteroatoms. The van der Waals surface area contributed by atoms with Crippen molar-refractivity contribution in [2.24, 2.45) is 5.73 Å². The molecule has 3 amide bonds. The number of hydrogen-bond acceptors (Lipinski definition) is 5. The molecular weight excluding hydrogens is 384 g/mol. The molecule has 0 bridgehead atoms. The summed E-state index contributed by atoms with van der Waals surface area (Å²) >= 11 is 5.83. The molecule has 2 rings (SSSR count). The van der Waals surface area contributed by atoms with Crippen LogP contribution in [0.2, 0.25) is 5.02 Å². The van der Waals surface area contributed by atoms with Crippen LogP contribution in [0.1, 0.15) is 23.6 Å². The van der Waals surface area contributed by atoms with Crippen LogP contribution in [-0.4, -0.2) is 24.5 Å². The quantitative estimate of drug-likeness (QED) is 0.614. The summed E-state index contributed by atoms with van der Waals surface area (Å²) in [5, 5.41) is 14.4. The molecule has 0 aliphatic carbocycles. The summed E-state index contributed by atoms with van der Waals surface area (Å²) in [6.07, 6.45) is -0.230. The molecule has 0 spiro atoms. The van der Waals surface area contributed by atoms with E-state index in [1.807, 2.05) is 6.07 Å². The van der Waals surface area contributed by atoms with Gasteiger partial charge in [0.2, 0.25) is 0 Å². The Morgan fingerprint density at radius 2 is 1.82 bits per heavy atom. The third-order valence-corrected chi connectivity index (χ3v) is 3.90. The second-order valence-corrected chi connectivity index (χ2v) is 6.12.